The minimum atomic E-state index is -1.01. The first-order valence-corrected chi connectivity index (χ1v) is 12.2. The van der Waals surface area contributed by atoms with Crippen LogP contribution in [0.3, 0.4) is 0 Å². The van der Waals surface area contributed by atoms with Gasteiger partial charge in [-0.05, 0) is 98.1 Å². The molecule has 4 atom stereocenters. The quantitative estimate of drug-likeness (QED) is 0.403. The molecule has 31 heavy (non-hydrogen) atoms. The number of halogens is 3. The molecule has 0 aliphatic heterocycles. The zero-order chi connectivity index (χ0) is 22.0. The van der Waals surface area contributed by atoms with Gasteiger partial charge in [0.2, 0.25) is 0 Å². The fourth-order valence-corrected chi connectivity index (χ4v) is 6.28. The molecule has 0 nitrogen and oxygen atoms in total. The average Bonchev–Trinajstić information content (AvgIpc) is 2.77. The molecule has 2 saturated carbocycles. The summed E-state index contributed by atoms with van der Waals surface area (Å²) >= 11 is 0. The molecule has 0 saturated heterocycles. The van der Waals surface area contributed by atoms with Crippen LogP contribution in [0.25, 0.3) is 10.8 Å². The summed E-state index contributed by atoms with van der Waals surface area (Å²) in [6, 6.07) is 5.21. The highest BCUT2D eigenvalue weighted by atomic mass is 19.2. The topological polar surface area (TPSA) is 0 Å². The molecule has 0 amide bonds. The maximum Gasteiger partial charge on any atom is 0.169 e. The van der Waals surface area contributed by atoms with Crippen LogP contribution in [0.1, 0.15) is 88.7 Å². The molecule has 0 bridgehead atoms. The van der Waals surface area contributed by atoms with E-state index in [2.05, 4.69) is 6.92 Å². The molecule has 4 rings (SSSR count). The monoisotopic (exact) mass is 428 g/mol. The summed E-state index contributed by atoms with van der Waals surface area (Å²) < 4.78 is 45.3. The summed E-state index contributed by atoms with van der Waals surface area (Å²) in [7, 11) is 0. The van der Waals surface area contributed by atoms with Crippen LogP contribution >= 0.6 is 0 Å². The van der Waals surface area contributed by atoms with Crippen molar-refractivity contribution in [2.24, 2.45) is 17.8 Å². The van der Waals surface area contributed by atoms with Crippen LogP contribution in [0, 0.1) is 35.2 Å². The van der Waals surface area contributed by atoms with Crippen LogP contribution in [0.4, 0.5) is 13.2 Å². The van der Waals surface area contributed by atoms with E-state index in [-0.39, 0.29) is 11.3 Å². The third kappa shape index (κ3) is 4.56. The summed E-state index contributed by atoms with van der Waals surface area (Å²) in [4.78, 5) is 0. The fourth-order valence-electron chi connectivity index (χ4n) is 6.28. The van der Waals surface area contributed by atoms with E-state index in [1.165, 1.54) is 32.1 Å². The second-order valence-electron chi connectivity index (χ2n) is 9.84. The summed E-state index contributed by atoms with van der Waals surface area (Å²) in [5.74, 6) is -0.194. The molecule has 0 N–H and O–H groups in total. The molecule has 4 unspecified atom stereocenters. The Kier molecular flexibility index (Phi) is 7.08. The largest absolute Gasteiger partial charge is 0.206 e. The van der Waals surface area contributed by atoms with Crippen LogP contribution in [-0.4, -0.2) is 0 Å². The first-order valence-electron chi connectivity index (χ1n) is 12.2. The highest BCUT2D eigenvalue weighted by Crippen LogP contribution is 2.49. The number of fused-ring (bicyclic) bond motifs is 2. The van der Waals surface area contributed by atoms with Gasteiger partial charge in [-0.15, -0.1) is 0 Å². The molecule has 0 radical (unpaired) electrons. The van der Waals surface area contributed by atoms with Gasteiger partial charge in [-0.2, -0.15) is 0 Å². The Morgan fingerprint density at radius 3 is 2.48 bits per heavy atom. The van der Waals surface area contributed by atoms with Crippen molar-refractivity contribution in [2.75, 3.05) is 0 Å². The molecular formula is C28H35F3. The van der Waals surface area contributed by atoms with Gasteiger partial charge in [0, 0.05) is 0 Å². The lowest BCUT2D eigenvalue weighted by atomic mass is 9.63. The number of benzene rings is 2. The minimum absolute atomic E-state index is 0.0419. The van der Waals surface area contributed by atoms with Crippen LogP contribution in [-0.2, 0) is 6.42 Å². The number of hydrogen-bond acceptors (Lipinski definition) is 0. The Bertz CT molecular complexity index is 945. The Morgan fingerprint density at radius 1 is 0.935 bits per heavy atom. The highest BCUT2D eigenvalue weighted by Gasteiger charge is 2.37. The Labute approximate surface area is 184 Å². The number of allylic oxidation sites excluding steroid dienone is 2. The number of hydrogen-bond donors (Lipinski definition) is 0. The first-order chi connectivity index (χ1) is 15.0. The van der Waals surface area contributed by atoms with Crippen molar-refractivity contribution in [1.29, 1.82) is 0 Å². The van der Waals surface area contributed by atoms with Gasteiger partial charge in [-0.25, -0.2) is 13.2 Å². The zero-order valence-corrected chi connectivity index (χ0v) is 18.9. The Balaban J connectivity index is 1.58. The summed E-state index contributed by atoms with van der Waals surface area (Å²) in [5.41, 5.74) is 0.904. The van der Waals surface area contributed by atoms with Crippen LogP contribution in [0.5, 0.6) is 0 Å². The molecule has 2 aromatic rings. The van der Waals surface area contributed by atoms with E-state index < -0.39 is 17.5 Å². The molecule has 0 aromatic heterocycles. The van der Waals surface area contributed by atoms with Gasteiger partial charge in [-0.1, -0.05) is 50.5 Å². The second-order valence-corrected chi connectivity index (χ2v) is 9.84. The van der Waals surface area contributed by atoms with Gasteiger partial charge in [0.25, 0.3) is 0 Å². The van der Waals surface area contributed by atoms with Crippen molar-refractivity contribution in [3.05, 3.63) is 58.9 Å². The molecular weight excluding hydrogens is 393 g/mol. The van der Waals surface area contributed by atoms with Crippen molar-refractivity contribution in [3.63, 3.8) is 0 Å². The van der Waals surface area contributed by atoms with Gasteiger partial charge in [0.1, 0.15) is 5.82 Å². The smallest absolute Gasteiger partial charge is 0.169 e. The summed E-state index contributed by atoms with van der Waals surface area (Å²) in [6.07, 6.45) is 14.4. The molecule has 2 fully saturated rings. The molecule has 2 aromatic carbocycles. The maximum atomic E-state index is 15.2. The molecule has 3 heteroatoms. The van der Waals surface area contributed by atoms with Crippen LogP contribution in [0.2, 0.25) is 0 Å². The van der Waals surface area contributed by atoms with Crippen molar-refractivity contribution >= 4 is 10.8 Å². The average molecular weight is 429 g/mol. The minimum Gasteiger partial charge on any atom is -0.206 e. The van der Waals surface area contributed by atoms with Crippen LogP contribution in [0.15, 0.2) is 30.4 Å². The third-order valence-electron chi connectivity index (χ3n) is 7.91. The number of rotatable bonds is 6. The van der Waals surface area contributed by atoms with Crippen molar-refractivity contribution < 1.29 is 13.2 Å². The van der Waals surface area contributed by atoms with E-state index in [4.69, 9.17) is 0 Å². The molecule has 2 aliphatic carbocycles. The number of aryl methyl sites for hydroxylation is 1. The lowest BCUT2D eigenvalue weighted by molar-refractivity contribution is 0.113. The molecule has 0 heterocycles. The van der Waals surface area contributed by atoms with Crippen molar-refractivity contribution in [2.45, 2.75) is 84.0 Å². The predicted molar refractivity (Wildman–Crippen MR) is 123 cm³/mol. The predicted octanol–water partition coefficient (Wildman–Crippen LogP) is 8.87. The summed E-state index contributed by atoms with van der Waals surface area (Å²) in [6.45, 7) is 4.17. The van der Waals surface area contributed by atoms with E-state index in [1.807, 2.05) is 19.1 Å². The van der Waals surface area contributed by atoms with Crippen molar-refractivity contribution in [1.82, 2.24) is 0 Å². The normalized spacial score (nSPS) is 26.5. The van der Waals surface area contributed by atoms with E-state index in [9.17, 15) is 0 Å². The third-order valence-corrected chi connectivity index (χ3v) is 7.91. The second kappa shape index (κ2) is 9.79. The van der Waals surface area contributed by atoms with E-state index >= 15 is 13.2 Å². The van der Waals surface area contributed by atoms with E-state index in [1.54, 1.807) is 18.2 Å². The van der Waals surface area contributed by atoms with Gasteiger partial charge >= 0.3 is 0 Å². The van der Waals surface area contributed by atoms with Gasteiger partial charge < -0.3 is 0 Å². The standard InChI is InChI=1S/C28H35F3/c1-3-5-6-8-19-11-14-23-17-24(27(30)28(31)25(23)26(19)29)22-13-12-20-15-18(7-4-2)9-10-21(20)16-22/h3,5,11,14,17-18,20-22H,4,6-10,12-13,15-16H2,1-2H3. The van der Waals surface area contributed by atoms with Gasteiger partial charge in [-0.3, -0.25) is 0 Å². The molecule has 2 aliphatic rings. The fraction of sp³-hybridized carbons (Fsp3) is 0.571. The maximum absolute atomic E-state index is 15.2. The zero-order valence-electron chi connectivity index (χ0n) is 18.9. The molecule has 168 valence electrons. The van der Waals surface area contributed by atoms with Gasteiger partial charge in [0.15, 0.2) is 11.6 Å². The lowest BCUT2D eigenvalue weighted by Crippen LogP contribution is -2.30. The van der Waals surface area contributed by atoms with Crippen LogP contribution < -0.4 is 0 Å². The van der Waals surface area contributed by atoms with Gasteiger partial charge in [0.05, 0.1) is 5.39 Å². The highest BCUT2D eigenvalue weighted by molar-refractivity contribution is 5.85. The van der Waals surface area contributed by atoms with E-state index in [0.717, 1.165) is 31.1 Å². The Morgan fingerprint density at radius 2 is 1.71 bits per heavy atom. The SMILES string of the molecule is CC=CCCc1ccc2cc(C3CCC4CC(CCC)CCC4C3)c(F)c(F)c2c1F. The Hall–Kier alpha value is -1.77. The lowest BCUT2D eigenvalue weighted by Gasteiger charge is -2.42. The van der Waals surface area contributed by atoms with E-state index in [0.29, 0.717) is 35.3 Å². The molecule has 0 spiro atoms. The first kappa shape index (κ1) is 22.4. The van der Waals surface area contributed by atoms with Crippen molar-refractivity contribution in [3.8, 4) is 0 Å². The summed E-state index contributed by atoms with van der Waals surface area (Å²) in [5, 5.41) is 0.294.